The average molecular weight is 226 g/mol. The number of hydrogen-bond donors (Lipinski definition) is 1. The highest BCUT2D eigenvalue weighted by molar-refractivity contribution is 5.71. The van der Waals surface area contributed by atoms with Gasteiger partial charge in [-0.25, -0.2) is 13.8 Å². The first-order chi connectivity index (χ1) is 7.47. The highest BCUT2D eigenvalue weighted by atomic mass is 19.3. The first-order valence-electron chi connectivity index (χ1n) is 4.35. The summed E-state index contributed by atoms with van der Waals surface area (Å²) in [6.45, 7) is 1.36. The first kappa shape index (κ1) is 12.0. The Hall–Kier alpha value is -2.03. The molecule has 0 fully saturated rings. The maximum Gasteiger partial charge on any atom is 0.307 e. The van der Waals surface area contributed by atoms with Gasteiger partial charge in [-0.2, -0.15) is 5.26 Å². The van der Waals surface area contributed by atoms with Crippen LogP contribution < -0.4 is 0 Å². The summed E-state index contributed by atoms with van der Waals surface area (Å²) in [5, 5.41) is 17.2. The quantitative estimate of drug-likeness (QED) is 0.853. The van der Waals surface area contributed by atoms with Gasteiger partial charge in [-0.15, -0.1) is 0 Å². The van der Waals surface area contributed by atoms with Crippen LogP contribution in [0, 0.1) is 18.3 Å². The average Bonchev–Trinajstić information content (AvgIpc) is 2.19. The minimum absolute atomic E-state index is 0.115. The lowest BCUT2D eigenvalue weighted by atomic mass is 10.0. The maximum atomic E-state index is 12.7. The van der Waals surface area contributed by atoms with E-state index in [4.69, 9.17) is 10.4 Å². The molecule has 0 radical (unpaired) electrons. The molecule has 0 aliphatic heterocycles. The molecule has 1 aromatic rings. The van der Waals surface area contributed by atoms with Crippen molar-refractivity contribution in [3.8, 4) is 6.07 Å². The number of carboxylic acids is 1. The number of rotatable bonds is 3. The number of nitrogens with zero attached hydrogens (tertiary/aromatic N) is 2. The normalized spacial score (nSPS) is 10.2. The predicted molar refractivity (Wildman–Crippen MR) is 50.0 cm³/mol. The van der Waals surface area contributed by atoms with Crippen LogP contribution >= 0.6 is 0 Å². The summed E-state index contributed by atoms with van der Waals surface area (Å²) in [4.78, 5) is 14.0. The maximum absolute atomic E-state index is 12.7. The summed E-state index contributed by atoms with van der Waals surface area (Å²) >= 11 is 0. The molecule has 0 bridgehead atoms. The molecule has 0 atom stereocenters. The first-order valence-corrected chi connectivity index (χ1v) is 4.35. The number of halogens is 2. The molecule has 0 aliphatic carbocycles. The third-order valence-corrected chi connectivity index (χ3v) is 2.16. The summed E-state index contributed by atoms with van der Waals surface area (Å²) in [6, 6.07) is 1.56. The van der Waals surface area contributed by atoms with Gasteiger partial charge in [-0.3, -0.25) is 4.79 Å². The number of nitriles is 1. The second kappa shape index (κ2) is 4.66. The molecule has 0 spiro atoms. The summed E-state index contributed by atoms with van der Waals surface area (Å²) in [5.41, 5.74) is -0.534. The third-order valence-electron chi connectivity index (χ3n) is 2.16. The molecular weight excluding hydrogens is 218 g/mol. The summed E-state index contributed by atoms with van der Waals surface area (Å²) in [5.74, 6) is -1.13. The molecule has 84 valence electrons. The van der Waals surface area contributed by atoms with E-state index < -0.39 is 18.0 Å². The Morgan fingerprint density at radius 3 is 2.75 bits per heavy atom. The van der Waals surface area contributed by atoms with E-state index in [0.717, 1.165) is 6.20 Å². The van der Waals surface area contributed by atoms with Gasteiger partial charge in [0.2, 0.25) is 0 Å². The van der Waals surface area contributed by atoms with E-state index in [9.17, 15) is 13.6 Å². The number of carbonyl (C=O) groups is 1. The molecule has 0 aromatic carbocycles. The SMILES string of the molecule is Cc1c(CC(=O)O)cnc(C#N)c1C(F)F. The van der Waals surface area contributed by atoms with E-state index >= 15 is 0 Å². The minimum atomic E-state index is -2.84. The van der Waals surface area contributed by atoms with Crippen molar-refractivity contribution in [3.05, 3.63) is 28.6 Å². The Kier molecular flexibility index (Phi) is 3.51. The lowest BCUT2D eigenvalue weighted by molar-refractivity contribution is -0.136. The number of aromatic nitrogens is 1. The molecule has 0 saturated carbocycles. The number of carboxylic acid groups (broad SMARTS) is 1. The van der Waals surface area contributed by atoms with E-state index in [2.05, 4.69) is 4.98 Å². The van der Waals surface area contributed by atoms with Gasteiger partial charge in [0.25, 0.3) is 6.43 Å². The van der Waals surface area contributed by atoms with Crippen molar-refractivity contribution >= 4 is 5.97 Å². The molecule has 6 heteroatoms. The second-order valence-electron chi connectivity index (χ2n) is 3.15. The monoisotopic (exact) mass is 226 g/mol. The zero-order valence-corrected chi connectivity index (χ0v) is 8.37. The van der Waals surface area contributed by atoms with Crippen LogP contribution in [0.15, 0.2) is 6.20 Å². The Morgan fingerprint density at radius 1 is 1.69 bits per heavy atom. The fraction of sp³-hybridized carbons (Fsp3) is 0.300. The van der Waals surface area contributed by atoms with Gasteiger partial charge in [0, 0.05) is 6.20 Å². The van der Waals surface area contributed by atoms with Crippen molar-refractivity contribution < 1.29 is 18.7 Å². The predicted octanol–water partition coefficient (Wildman–Crippen LogP) is 1.83. The molecule has 1 rings (SSSR count). The van der Waals surface area contributed by atoms with Crippen LogP contribution in [0.1, 0.15) is 28.8 Å². The van der Waals surface area contributed by atoms with Crippen LogP contribution in [0.2, 0.25) is 0 Å². The van der Waals surface area contributed by atoms with E-state index in [1.165, 1.54) is 6.92 Å². The molecule has 4 nitrogen and oxygen atoms in total. The number of hydrogen-bond acceptors (Lipinski definition) is 3. The van der Waals surface area contributed by atoms with Crippen LogP contribution in [0.4, 0.5) is 8.78 Å². The molecule has 0 unspecified atom stereocenters. The largest absolute Gasteiger partial charge is 0.481 e. The van der Waals surface area contributed by atoms with Crippen LogP contribution in [0.5, 0.6) is 0 Å². The van der Waals surface area contributed by atoms with Gasteiger partial charge in [0.05, 0.1) is 12.0 Å². The zero-order chi connectivity index (χ0) is 12.3. The summed E-state index contributed by atoms with van der Waals surface area (Å²) in [6.07, 6.45) is -2.08. The third kappa shape index (κ3) is 2.31. The lowest BCUT2D eigenvalue weighted by Gasteiger charge is -2.10. The number of pyridine rings is 1. The van der Waals surface area contributed by atoms with E-state index in [0.29, 0.717) is 0 Å². The fourth-order valence-electron chi connectivity index (χ4n) is 1.36. The van der Waals surface area contributed by atoms with Crippen molar-refractivity contribution in [1.82, 2.24) is 4.98 Å². The Bertz CT molecular complexity index is 467. The Morgan fingerprint density at radius 2 is 2.31 bits per heavy atom. The van der Waals surface area contributed by atoms with Crippen LogP contribution in [-0.4, -0.2) is 16.1 Å². The van der Waals surface area contributed by atoms with Gasteiger partial charge in [0.15, 0.2) is 0 Å². The second-order valence-corrected chi connectivity index (χ2v) is 3.15. The van der Waals surface area contributed by atoms with E-state index in [-0.39, 0.29) is 23.2 Å². The Balaban J connectivity index is 3.33. The van der Waals surface area contributed by atoms with E-state index in [1.54, 1.807) is 6.07 Å². The van der Waals surface area contributed by atoms with Crippen molar-refractivity contribution in [2.75, 3.05) is 0 Å². The fourth-order valence-corrected chi connectivity index (χ4v) is 1.36. The summed E-state index contributed by atoms with van der Waals surface area (Å²) in [7, 11) is 0. The standard InChI is InChI=1S/C10H8F2N2O2/c1-5-6(2-8(15)16)4-14-7(3-13)9(5)10(11)12/h4,10H,2H2,1H3,(H,15,16). The topological polar surface area (TPSA) is 74.0 Å². The molecular formula is C10H8F2N2O2. The van der Waals surface area contributed by atoms with Gasteiger partial charge in [-0.05, 0) is 18.1 Å². The van der Waals surface area contributed by atoms with Gasteiger partial charge in [-0.1, -0.05) is 0 Å². The van der Waals surface area contributed by atoms with Gasteiger partial charge < -0.3 is 5.11 Å². The van der Waals surface area contributed by atoms with Crippen molar-refractivity contribution in [3.63, 3.8) is 0 Å². The molecule has 1 aromatic heterocycles. The molecule has 0 amide bonds. The zero-order valence-electron chi connectivity index (χ0n) is 8.37. The minimum Gasteiger partial charge on any atom is -0.481 e. The molecule has 16 heavy (non-hydrogen) atoms. The summed E-state index contributed by atoms with van der Waals surface area (Å²) < 4.78 is 25.3. The van der Waals surface area contributed by atoms with Crippen molar-refractivity contribution in [2.45, 2.75) is 19.8 Å². The molecule has 0 aliphatic rings. The van der Waals surface area contributed by atoms with Crippen LogP contribution in [0.25, 0.3) is 0 Å². The number of alkyl halides is 2. The van der Waals surface area contributed by atoms with Gasteiger partial charge >= 0.3 is 5.97 Å². The highest BCUT2D eigenvalue weighted by Gasteiger charge is 2.20. The van der Waals surface area contributed by atoms with Crippen molar-refractivity contribution in [2.24, 2.45) is 0 Å². The van der Waals surface area contributed by atoms with Crippen molar-refractivity contribution in [1.29, 1.82) is 5.26 Å². The molecule has 0 saturated heterocycles. The number of aliphatic carboxylic acids is 1. The van der Waals surface area contributed by atoms with Crippen LogP contribution in [0.3, 0.4) is 0 Å². The van der Waals surface area contributed by atoms with E-state index in [1.807, 2.05) is 0 Å². The van der Waals surface area contributed by atoms with Crippen LogP contribution in [-0.2, 0) is 11.2 Å². The Labute approximate surface area is 90.2 Å². The molecule has 1 N–H and O–H groups in total. The van der Waals surface area contributed by atoms with Gasteiger partial charge in [0.1, 0.15) is 11.8 Å². The highest BCUT2D eigenvalue weighted by Crippen LogP contribution is 2.27. The smallest absolute Gasteiger partial charge is 0.307 e. The molecule has 1 heterocycles. The lowest BCUT2D eigenvalue weighted by Crippen LogP contribution is -2.07.